The largest absolute Gasteiger partial charge is 0.381 e. The van der Waals surface area contributed by atoms with E-state index in [2.05, 4.69) is 9.97 Å². The molecule has 0 aliphatic carbocycles. The average molecular weight is 176 g/mol. The van der Waals surface area contributed by atoms with Gasteiger partial charge in [-0.3, -0.25) is 4.40 Å². The van der Waals surface area contributed by atoms with Gasteiger partial charge in [0.05, 0.1) is 11.4 Å². The Hall–Kier alpha value is -1.58. The SMILES string of the molecule is Cc1cn2c(C)c(C)nc2c(N)n1. The fraction of sp³-hybridized carbons (Fsp3) is 0.333. The molecule has 0 bridgehead atoms. The van der Waals surface area contributed by atoms with Gasteiger partial charge >= 0.3 is 0 Å². The van der Waals surface area contributed by atoms with E-state index in [1.807, 2.05) is 31.4 Å². The standard InChI is InChI=1S/C9H12N4/c1-5-4-13-7(3)6(2)12-9(13)8(10)11-5/h4H,1-3H3,(H2,10,11). The maximum atomic E-state index is 5.74. The van der Waals surface area contributed by atoms with Gasteiger partial charge in [-0.05, 0) is 20.8 Å². The number of hydrogen-bond donors (Lipinski definition) is 1. The van der Waals surface area contributed by atoms with E-state index in [9.17, 15) is 0 Å². The molecule has 0 amide bonds. The van der Waals surface area contributed by atoms with Gasteiger partial charge < -0.3 is 5.73 Å². The highest BCUT2D eigenvalue weighted by molar-refractivity contribution is 5.61. The summed E-state index contributed by atoms with van der Waals surface area (Å²) in [6.07, 6.45) is 1.95. The lowest BCUT2D eigenvalue weighted by atomic mass is 10.4. The Labute approximate surface area is 76.4 Å². The van der Waals surface area contributed by atoms with Crippen LogP contribution in [0.5, 0.6) is 0 Å². The Bertz CT molecular complexity index is 470. The molecular weight excluding hydrogens is 164 g/mol. The van der Waals surface area contributed by atoms with Crippen molar-refractivity contribution in [2.24, 2.45) is 0 Å². The summed E-state index contributed by atoms with van der Waals surface area (Å²) < 4.78 is 1.98. The molecule has 0 spiro atoms. The number of nitrogen functional groups attached to an aromatic ring is 1. The number of hydrogen-bond acceptors (Lipinski definition) is 3. The van der Waals surface area contributed by atoms with E-state index in [4.69, 9.17) is 5.73 Å². The molecule has 0 fully saturated rings. The predicted molar refractivity (Wildman–Crippen MR) is 51.6 cm³/mol. The van der Waals surface area contributed by atoms with Gasteiger partial charge in [0.2, 0.25) is 0 Å². The normalized spacial score (nSPS) is 11.0. The summed E-state index contributed by atoms with van der Waals surface area (Å²) in [6.45, 7) is 5.91. The smallest absolute Gasteiger partial charge is 0.180 e. The van der Waals surface area contributed by atoms with Crippen molar-refractivity contribution in [2.45, 2.75) is 20.8 Å². The number of imidazole rings is 1. The van der Waals surface area contributed by atoms with Crippen LogP contribution in [0.15, 0.2) is 6.20 Å². The van der Waals surface area contributed by atoms with Crippen molar-refractivity contribution in [3.8, 4) is 0 Å². The zero-order valence-electron chi connectivity index (χ0n) is 8.00. The lowest BCUT2D eigenvalue weighted by Crippen LogP contribution is -1.99. The number of anilines is 1. The van der Waals surface area contributed by atoms with Gasteiger partial charge in [-0.1, -0.05) is 0 Å². The Morgan fingerprint density at radius 1 is 1.23 bits per heavy atom. The van der Waals surface area contributed by atoms with E-state index in [0.717, 1.165) is 22.7 Å². The van der Waals surface area contributed by atoms with Crippen LogP contribution in [0.2, 0.25) is 0 Å². The van der Waals surface area contributed by atoms with Crippen LogP contribution in [0.4, 0.5) is 5.82 Å². The highest BCUT2D eigenvalue weighted by atomic mass is 15.1. The Kier molecular flexibility index (Phi) is 1.52. The molecule has 0 aliphatic heterocycles. The summed E-state index contributed by atoms with van der Waals surface area (Å²) in [7, 11) is 0. The first-order valence-electron chi connectivity index (χ1n) is 4.18. The Morgan fingerprint density at radius 3 is 2.62 bits per heavy atom. The fourth-order valence-corrected chi connectivity index (χ4v) is 1.42. The maximum absolute atomic E-state index is 5.74. The van der Waals surface area contributed by atoms with E-state index in [-0.39, 0.29) is 0 Å². The molecule has 4 nitrogen and oxygen atoms in total. The van der Waals surface area contributed by atoms with E-state index in [0.29, 0.717) is 5.82 Å². The van der Waals surface area contributed by atoms with Crippen molar-refractivity contribution in [2.75, 3.05) is 5.73 Å². The van der Waals surface area contributed by atoms with E-state index in [1.165, 1.54) is 0 Å². The van der Waals surface area contributed by atoms with E-state index >= 15 is 0 Å². The van der Waals surface area contributed by atoms with Crippen molar-refractivity contribution >= 4 is 11.5 Å². The molecule has 2 aromatic heterocycles. The molecule has 2 N–H and O–H groups in total. The zero-order chi connectivity index (χ0) is 9.59. The van der Waals surface area contributed by atoms with Crippen LogP contribution in [-0.2, 0) is 0 Å². The number of nitrogens with zero attached hydrogens (tertiary/aromatic N) is 3. The summed E-state index contributed by atoms with van der Waals surface area (Å²) >= 11 is 0. The quantitative estimate of drug-likeness (QED) is 0.657. The number of nitrogens with two attached hydrogens (primary N) is 1. The second-order valence-electron chi connectivity index (χ2n) is 3.24. The van der Waals surface area contributed by atoms with Gasteiger partial charge in [-0.15, -0.1) is 0 Å². The lowest BCUT2D eigenvalue weighted by molar-refractivity contribution is 1.04. The van der Waals surface area contributed by atoms with Crippen LogP contribution >= 0.6 is 0 Å². The minimum Gasteiger partial charge on any atom is -0.381 e. The number of rotatable bonds is 0. The first-order chi connectivity index (χ1) is 6.09. The molecule has 2 heterocycles. The van der Waals surface area contributed by atoms with Crippen LogP contribution in [0.25, 0.3) is 5.65 Å². The van der Waals surface area contributed by atoms with Gasteiger partial charge in [-0.25, -0.2) is 9.97 Å². The molecule has 0 atom stereocenters. The number of fused-ring (bicyclic) bond motifs is 1. The summed E-state index contributed by atoms with van der Waals surface area (Å²) in [5.41, 5.74) is 9.52. The van der Waals surface area contributed by atoms with Crippen LogP contribution in [0.3, 0.4) is 0 Å². The maximum Gasteiger partial charge on any atom is 0.180 e. The molecule has 0 radical (unpaired) electrons. The highest BCUT2D eigenvalue weighted by Gasteiger charge is 2.07. The van der Waals surface area contributed by atoms with E-state index < -0.39 is 0 Å². The van der Waals surface area contributed by atoms with Crippen LogP contribution < -0.4 is 5.73 Å². The molecule has 2 rings (SSSR count). The zero-order valence-corrected chi connectivity index (χ0v) is 8.00. The van der Waals surface area contributed by atoms with Crippen molar-refractivity contribution < 1.29 is 0 Å². The van der Waals surface area contributed by atoms with Gasteiger partial charge in [-0.2, -0.15) is 0 Å². The topological polar surface area (TPSA) is 56.2 Å². The first-order valence-corrected chi connectivity index (χ1v) is 4.18. The van der Waals surface area contributed by atoms with E-state index in [1.54, 1.807) is 0 Å². The Balaban J connectivity index is 2.94. The summed E-state index contributed by atoms with van der Waals surface area (Å²) in [6, 6.07) is 0. The van der Waals surface area contributed by atoms with Crippen molar-refractivity contribution in [1.82, 2.24) is 14.4 Å². The summed E-state index contributed by atoms with van der Waals surface area (Å²) in [4.78, 5) is 8.48. The molecular formula is C9H12N4. The molecule has 13 heavy (non-hydrogen) atoms. The minimum absolute atomic E-state index is 0.496. The lowest BCUT2D eigenvalue weighted by Gasteiger charge is -2.00. The average Bonchev–Trinajstić information content (AvgIpc) is 2.32. The highest BCUT2D eigenvalue weighted by Crippen LogP contribution is 2.15. The van der Waals surface area contributed by atoms with Crippen LogP contribution in [0.1, 0.15) is 17.1 Å². The molecule has 0 saturated heterocycles. The first kappa shape index (κ1) is 8.04. The second kappa shape index (κ2) is 2.45. The van der Waals surface area contributed by atoms with Crippen molar-refractivity contribution in [1.29, 1.82) is 0 Å². The fourth-order valence-electron chi connectivity index (χ4n) is 1.42. The van der Waals surface area contributed by atoms with Gasteiger partial charge in [0.15, 0.2) is 11.5 Å². The van der Waals surface area contributed by atoms with Gasteiger partial charge in [0.25, 0.3) is 0 Å². The molecule has 4 heteroatoms. The van der Waals surface area contributed by atoms with Crippen molar-refractivity contribution in [3.63, 3.8) is 0 Å². The third kappa shape index (κ3) is 1.06. The predicted octanol–water partition coefficient (Wildman–Crippen LogP) is 1.24. The van der Waals surface area contributed by atoms with Crippen LogP contribution in [0, 0.1) is 20.8 Å². The number of aromatic nitrogens is 3. The third-order valence-corrected chi connectivity index (χ3v) is 2.23. The molecule has 0 saturated carbocycles. The summed E-state index contributed by atoms with van der Waals surface area (Å²) in [5, 5.41) is 0. The van der Waals surface area contributed by atoms with Crippen molar-refractivity contribution in [3.05, 3.63) is 23.3 Å². The molecule has 2 aromatic rings. The molecule has 0 aromatic carbocycles. The summed E-state index contributed by atoms with van der Waals surface area (Å²) in [5.74, 6) is 0.496. The molecule has 68 valence electrons. The Morgan fingerprint density at radius 2 is 1.92 bits per heavy atom. The minimum atomic E-state index is 0.496. The van der Waals surface area contributed by atoms with Gasteiger partial charge in [0.1, 0.15) is 0 Å². The second-order valence-corrected chi connectivity index (χ2v) is 3.24. The van der Waals surface area contributed by atoms with Gasteiger partial charge in [0, 0.05) is 11.9 Å². The monoisotopic (exact) mass is 176 g/mol. The number of aryl methyl sites for hydroxylation is 3. The molecule has 0 unspecified atom stereocenters. The van der Waals surface area contributed by atoms with Crippen LogP contribution in [-0.4, -0.2) is 14.4 Å². The molecule has 0 aliphatic rings. The third-order valence-electron chi connectivity index (χ3n) is 2.23.